The van der Waals surface area contributed by atoms with Gasteiger partial charge in [0.05, 0.1) is 8.07 Å². The second kappa shape index (κ2) is 4.88. The van der Waals surface area contributed by atoms with Gasteiger partial charge in [0.1, 0.15) is 8.07 Å². The number of hydrogen-bond donors (Lipinski definition) is 0. The Hall–Kier alpha value is -0.00623. The first-order chi connectivity index (χ1) is 6.58. The standard InChI is InChI=1S/C13H28Si2/c1-9-13(10-2,15(6,7)8)11-12-14(3,4)5/h9-10H2,1-8H3. The zero-order valence-electron chi connectivity index (χ0n) is 11.9. The van der Waals surface area contributed by atoms with Crippen molar-refractivity contribution in [1.82, 2.24) is 0 Å². The summed E-state index contributed by atoms with van der Waals surface area (Å²) in [4.78, 5) is 0. The van der Waals surface area contributed by atoms with Gasteiger partial charge in [0.15, 0.2) is 0 Å². The molecule has 88 valence electrons. The SMILES string of the molecule is CCC(C#C[Si](C)(C)C)(CC)[Si](C)(C)C. The zero-order chi connectivity index (χ0) is 12.3. The molecule has 0 heterocycles. The van der Waals surface area contributed by atoms with Crippen molar-refractivity contribution in [2.24, 2.45) is 0 Å². The molecule has 0 N–H and O–H groups in total. The first-order valence-corrected chi connectivity index (χ1v) is 13.1. The van der Waals surface area contributed by atoms with E-state index in [-0.39, 0.29) is 0 Å². The summed E-state index contributed by atoms with van der Waals surface area (Å²) in [5.74, 6) is 3.69. The molecule has 0 fully saturated rings. The van der Waals surface area contributed by atoms with E-state index in [4.69, 9.17) is 0 Å². The Morgan fingerprint density at radius 3 is 1.47 bits per heavy atom. The molecule has 0 atom stereocenters. The maximum Gasteiger partial charge on any atom is 0.129 e. The molecule has 15 heavy (non-hydrogen) atoms. The molecule has 0 unspecified atom stereocenters. The predicted octanol–water partition coefficient (Wildman–Crippen LogP) is 4.77. The third-order valence-corrected chi connectivity index (χ3v) is 7.90. The van der Waals surface area contributed by atoms with Crippen molar-refractivity contribution in [3.8, 4) is 11.5 Å². The van der Waals surface area contributed by atoms with Crippen molar-refractivity contribution in [3.63, 3.8) is 0 Å². The van der Waals surface area contributed by atoms with Gasteiger partial charge >= 0.3 is 0 Å². The van der Waals surface area contributed by atoms with E-state index in [1.54, 1.807) is 0 Å². The van der Waals surface area contributed by atoms with Crippen LogP contribution in [-0.4, -0.2) is 16.1 Å². The lowest BCUT2D eigenvalue weighted by Gasteiger charge is -2.38. The first-order valence-electron chi connectivity index (χ1n) is 6.12. The van der Waals surface area contributed by atoms with Crippen LogP contribution in [0.1, 0.15) is 26.7 Å². The molecule has 0 bridgehead atoms. The van der Waals surface area contributed by atoms with Crippen LogP contribution in [0.5, 0.6) is 0 Å². The highest BCUT2D eigenvalue weighted by Gasteiger charge is 2.38. The van der Waals surface area contributed by atoms with Crippen LogP contribution in [0.3, 0.4) is 0 Å². The van der Waals surface area contributed by atoms with Gasteiger partial charge in [-0.1, -0.05) is 53.1 Å². The minimum atomic E-state index is -1.22. The lowest BCUT2D eigenvalue weighted by atomic mass is 10.0. The maximum atomic E-state index is 3.69. The highest BCUT2D eigenvalue weighted by Crippen LogP contribution is 2.44. The third kappa shape index (κ3) is 4.16. The molecular formula is C13H28Si2. The Labute approximate surface area is 98.9 Å². The van der Waals surface area contributed by atoms with Crippen molar-refractivity contribution in [2.75, 3.05) is 0 Å². The van der Waals surface area contributed by atoms with Crippen LogP contribution in [0.2, 0.25) is 44.3 Å². The monoisotopic (exact) mass is 240 g/mol. The van der Waals surface area contributed by atoms with E-state index >= 15 is 0 Å². The van der Waals surface area contributed by atoms with Gasteiger partial charge in [0, 0.05) is 5.04 Å². The van der Waals surface area contributed by atoms with Crippen molar-refractivity contribution in [1.29, 1.82) is 0 Å². The van der Waals surface area contributed by atoms with E-state index < -0.39 is 16.1 Å². The Balaban J connectivity index is 5.21. The molecule has 0 rings (SSSR count). The number of hydrogen-bond acceptors (Lipinski definition) is 0. The molecule has 0 aliphatic carbocycles. The lowest BCUT2D eigenvalue weighted by molar-refractivity contribution is 0.623. The van der Waals surface area contributed by atoms with Gasteiger partial charge in [-0.3, -0.25) is 0 Å². The highest BCUT2D eigenvalue weighted by atomic mass is 28.3. The summed E-state index contributed by atoms with van der Waals surface area (Å²) in [6.45, 7) is 19.0. The molecule has 0 aliphatic rings. The van der Waals surface area contributed by atoms with Gasteiger partial charge in [-0.05, 0) is 12.8 Å². The fourth-order valence-corrected chi connectivity index (χ4v) is 5.28. The van der Waals surface area contributed by atoms with Gasteiger partial charge in [-0.2, -0.15) is 0 Å². The Morgan fingerprint density at radius 2 is 1.27 bits per heavy atom. The van der Waals surface area contributed by atoms with Crippen molar-refractivity contribution < 1.29 is 0 Å². The predicted molar refractivity (Wildman–Crippen MR) is 77.7 cm³/mol. The Bertz CT molecular complexity index is 251. The average Bonchev–Trinajstić information content (AvgIpc) is 2.02. The molecule has 0 aliphatic heterocycles. The normalized spacial score (nSPS) is 13.3. The summed E-state index contributed by atoms with van der Waals surface area (Å²) in [6.07, 6.45) is 2.44. The second-order valence-electron chi connectivity index (χ2n) is 6.54. The van der Waals surface area contributed by atoms with Crippen molar-refractivity contribution in [3.05, 3.63) is 0 Å². The Morgan fingerprint density at radius 1 is 0.867 bits per heavy atom. The average molecular weight is 241 g/mol. The second-order valence-corrected chi connectivity index (χ2v) is 16.7. The van der Waals surface area contributed by atoms with Crippen molar-refractivity contribution >= 4 is 16.1 Å². The summed E-state index contributed by atoms with van der Waals surface area (Å²) >= 11 is 0. The van der Waals surface area contributed by atoms with Gasteiger partial charge in [-0.25, -0.2) is 0 Å². The van der Waals surface area contributed by atoms with E-state index in [1.807, 2.05) is 0 Å². The lowest BCUT2D eigenvalue weighted by Crippen LogP contribution is -2.38. The fourth-order valence-electron chi connectivity index (χ4n) is 1.98. The molecular weight excluding hydrogens is 212 g/mol. The van der Waals surface area contributed by atoms with E-state index in [9.17, 15) is 0 Å². The van der Waals surface area contributed by atoms with E-state index in [0.29, 0.717) is 5.04 Å². The van der Waals surface area contributed by atoms with Gasteiger partial charge in [0.2, 0.25) is 0 Å². The van der Waals surface area contributed by atoms with Crippen LogP contribution in [0.4, 0.5) is 0 Å². The van der Waals surface area contributed by atoms with Crippen LogP contribution in [0.15, 0.2) is 0 Å². The molecule has 0 spiro atoms. The topological polar surface area (TPSA) is 0 Å². The largest absolute Gasteiger partial charge is 0.132 e. The molecule has 0 saturated carbocycles. The van der Waals surface area contributed by atoms with Gasteiger partial charge in [-0.15, -0.1) is 11.5 Å². The maximum absolute atomic E-state index is 3.69. The molecule has 0 aromatic heterocycles. The zero-order valence-corrected chi connectivity index (χ0v) is 13.9. The molecule has 0 saturated heterocycles. The van der Waals surface area contributed by atoms with Crippen LogP contribution >= 0.6 is 0 Å². The first kappa shape index (κ1) is 15.0. The molecule has 0 radical (unpaired) electrons. The fraction of sp³-hybridized carbons (Fsp3) is 0.846. The van der Waals surface area contributed by atoms with Crippen LogP contribution in [-0.2, 0) is 0 Å². The summed E-state index contributed by atoms with van der Waals surface area (Å²) in [6, 6.07) is 0. The quantitative estimate of drug-likeness (QED) is 0.492. The van der Waals surface area contributed by atoms with Gasteiger partial charge in [0.25, 0.3) is 0 Å². The number of rotatable bonds is 3. The minimum absolute atomic E-state index is 0.341. The highest BCUT2D eigenvalue weighted by molar-refractivity contribution is 6.84. The van der Waals surface area contributed by atoms with Crippen molar-refractivity contribution in [2.45, 2.75) is 71.0 Å². The van der Waals surface area contributed by atoms with Gasteiger partial charge < -0.3 is 0 Å². The molecule has 0 aromatic carbocycles. The van der Waals surface area contributed by atoms with E-state index in [2.05, 4.69) is 64.6 Å². The molecule has 0 nitrogen and oxygen atoms in total. The smallest absolute Gasteiger partial charge is 0.129 e. The van der Waals surface area contributed by atoms with Crippen LogP contribution < -0.4 is 0 Å². The third-order valence-electron chi connectivity index (χ3n) is 3.32. The minimum Gasteiger partial charge on any atom is -0.132 e. The summed E-state index contributed by atoms with van der Waals surface area (Å²) in [7, 11) is -2.41. The molecule has 0 amide bonds. The van der Waals surface area contributed by atoms with Crippen LogP contribution in [0.25, 0.3) is 0 Å². The summed E-state index contributed by atoms with van der Waals surface area (Å²) < 4.78 is 0. The molecule has 0 aromatic rings. The van der Waals surface area contributed by atoms with E-state index in [0.717, 1.165) is 0 Å². The summed E-state index contributed by atoms with van der Waals surface area (Å²) in [5, 5.41) is 0.341. The molecule has 2 heteroatoms. The van der Waals surface area contributed by atoms with Crippen LogP contribution in [0, 0.1) is 11.5 Å². The van der Waals surface area contributed by atoms with E-state index in [1.165, 1.54) is 12.8 Å². The summed E-state index contributed by atoms with van der Waals surface area (Å²) in [5.41, 5.74) is 3.59. The Kier molecular flexibility index (Phi) is 4.88.